The lowest BCUT2D eigenvalue weighted by Gasteiger charge is -2.36. The molecule has 2 nitrogen and oxygen atoms in total. The molecule has 1 aliphatic rings. The fraction of sp³-hybridized carbons (Fsp3) is 0.417. The molecule has 2 heterocycles. The molecule has 0 spiro atoms. The highest BCUT2D eigenvalue weighted by molar-refractivity contribution is 5.53. The van der Waals surface area contributed by atoms with Gasteiger partial charge in [-0.15, -0.1) is 0 Å². The van der Waals surface area contributed by atoms with E-state index >= 15 is 0 Å². The first-order chi connectivity index (χ1) is 6.57. The summed E-state index contributed by atoms with van der Waals surface area (Å²) in [4.78, 5) is 6.70. The van der Waals surface area contributed by atoms with Crippen LogP contribution in [0.1, 0.15) is 32.0 Å². The topological polar surface area (TPSA) is 16.1 Å². The van der Waals surface area contributed by atoms with Crippen LogP contribution < -0.4 is 0 Å². The number of nitrogens with zero attached hydrogens (tertiary/aromatic N) is 2. The standard InChI is InChI=1S/C12H16N2/c1-12(2,3)14-8-6-10-5-4-7-13-11(10)9-14/h4-8H,9H2,1-3H3. The van der Waals surface area contributed by atoms with E-state index in [1.54, 1.807) is 0 Å². The third kappa shape index (κ3) is 1.65. The summed E-state index contributed by atoms with van der Waals surface area (Å²) in [7, 11) is 0. The molecular weight excluding hydrogens is 172 g/mol. The summed E-state index contributed by atoms with van der Waals surface area (Å²) in [5.41, 5.74) is 2.59. The van der Waals surface area contributed by atoms with Crippen molar-refractivity contribution in [1.29, 1.82) is 0 Å². The molecule has 0 fully saturated rings. The lowest BCUT2D eigenvalue weighted by molar-refractivity contribution is 0.194. The van der Waals surface area contributed by atoms with Crippen molar-refractivity contribution < 1.29 is 0 Å². The summed E-state index contributed by atoms with van der Waals surface area (Å²) in [6.45, 7) is 7.55. The fourth-order valence-corrected chi connectivity index (χ4v) is 1.58. The van der Waals surface area contributed by atoms with Gasteiger partial charge in [-0.1, -0.05) is 6.07 Å². The molecule has 0 amide bonds. The van der Waals surface area contributed by atoms with Gasteiger partial charge in [0.25, 0.3) is 0 Å². The lowest BCUT2D eigenvalue weighted by atomic mass is 10.0. The van der Waals surface area contributed by atoms with E-state index in [9.17, 15) is 0 Å². The highest BCUT2D eigenvalue weighted by Gasteiger charge is 2.21. The highest BCUT2D eigenvalue weighted by Crippen LogP contribution is 2.23. The Bertz CT molecular complexity index is 361. The number of aromatic nitrogens is 1. The SMILES string of the molecule is CC(C)(C)N1C=Cc2cccnc2C1. The third-order valence-electron chi connectivity index (χ3n) is 2.54. The first-order valence-corrected chi connectivity index (χ1v) is 4.96. The van der Waals surface area contributed by atoms with E-state index in [0.717, 1.165) is 6.54 Å². The summed E-state index contributed by atoms with van der Waals surface area (Å²) in [6.07, 6.45) is 6.15. The molecule has 1 aromatic heterocycles. The second-order valence-electron chi connectivity index (χ2n) is 4.65. The third-order valence-corrected chi connectivity index (χ3v) is 2.54. The maximum absolute atomic E-state index is 4.39. The average molecular weight is 188 g/mol. The fourth-order valence-electron chi connectivity index (χ4n) is 1.58. The zero-order chi connectivity index (χ0) is 10.2. The minimum Gasteiger partial charge on any atom is -0.367 e. The number of pyridine rings is 1. The highest BCUT2D eigenvalue weighted by atomic mass is 15.2. The molecule has 0 aliphatic carbocycles. The molecule has 0 unspecified atom stereocenters. The molecule has 0 radical (unpaired) electrons. The summed E-state index contributed by atoms with van der Waals surface area (Å²) < 4.78 is 0. The smallest absolute Gasteiger partial charge is 0.0669 e. The zero-order valence-electron chi connectivity index (χ0n) is 8.99. The van der Waals surface area contributed by atoms with Gasteiger partial charge in [-0.05, 0) is 38.5 Å². The van der Waals surface area contributed by atoms with E-state index in [1.165, 1.54) is 11.3 Å². The minimum absolute atomic E-state index is 0.172. The van der Waals surface area contributed by atoms with Crippen molar-refractivity contribution >= 4 is 6.08 Å². The minimum atomic E-state index is 0.172. The van der Waals surface area contributed by atoms with Crippen LogP contribution in [0.15, 0.2) is 24.5 Å². The van der Waals surface area contributed by atoms with Crippen LogP contribution >= 0.6 is 0 Å². The van der Waals surface area contributed by atoms with E-state index in [0.29, 0.717) is 0 Å². The van der Waals surface area contributed by atoms with Crippen LogP contribution in [-0.4, -0.2) is 15.4 Å². The Hall–Kier alpha value is -1.31. The van der Waals surface area contributed by atoms with Gasteiger partial charge in [-0.2, -0.15) is 0 Å². The van der Waals surface area contributed by atoms with Gasteiger partial charge < -0.3 is 4.90 Å². The molecule has 0 saturated heterocycles. The van der Waals surface area contributed by atoms with Crippen molar-refractivity contribution in [3.63, 3.8) is 0 Å². The van der Waals surface area contributed by atoms with Crippen LogP contribution in [0.3, 0.4) is 0 Å². The van der Waals surface area contributed by atoms with Crippen molar-refractivity contribution in [2.24, 2.45) is 0 Å². The summed E-state index contributed by atoms with van der Waals surface area (Å²) >= 11 is 0. The second kappa shape index (κ2) is 3.12. The molecule has 14 heavy (non-hydrogen) atoms. The van der Waals surface area contributed by atoms with E-state index < -0.39 is 0 Å². The van der Waals surface area contributed by atoms with Crippen LogP contribution in [0.2, 0.25) is 0 Å². The van der Waals surface area contributed by atoms with Gasteiger partial charge in [0.15, 0.2) is 0 Å². The Kier molecular flexibility index (Phi) is 2.06. The maximum atomic E-state index is 4.39. The lowest BCUT2D eigenvalue weighted by Crippen LogP contribution is -2.38. The molecular formula is C12H16N2. The molecule has 2 heteroatoms. The summed E-state index contributed by atoms with van der Waals surface area (Å²) in [5, 5.41) is 0. The molecule has 0 aromatic carbocycles. The van der Waals surface area contributed by atoms with E-state index in [4.69, 9.17) is 0 Å². The monoisotopic (exact) mass is 188 g/mol. The molecule has 2 rings (SSSR count). The molecule has 0 atom stereocenters. The van der Waals surface area contributed by atoms with Crippen LogP contribution in [0, 0.1) is 0 Å². The predicted molar refractivity (Wildman–Crippen MR) is 58.6 cm³/mol. The number of hydrogen-bond acceptors (Lipinski definition) is 2. The number of hydrogen-bond donors (Lipinski definition) is 0. The van der Waals surface area contributed by atoms with Crippen molar-refractivity contribution in [1.82, 2.24) is 9.88 Å². The average Bonchev–Trinajstić information content (AvgIpc) is 2.16. The van der Waals surface area contributed by atoms with Crippen LogP contribution in [-0.2, 0) is 6.54 Å². The number of rotatable bonds is 0. The Morgan fingerprint density at radius 3 is 2.86 bits per heavy atom. The van der Waals surface area contributed by atoms with Crippen LogP contribution in [0.25, 0.3) is 6.08 Å². The largest absolute Gasteiger partial charge is 0.367 e. The van der Waals surface area contributed by atoms with Gasteiger partial charge in [0, 0.05) is 17.9 Å². The van der Waals surface area contributed by atoms with Crippen molar-refractivity contribution in [3.8, 4) is 0 Å². The van der Waals surface area contributed by atoms with Gasteiger partial charge in [0.1, 0.15) is 0 Å². The normalized spacial score (nSPS) is 15.5. The maximum Gasteiger partial charge on any atom is 0.0669 e. The molecule has 1 aromatic rings. The molecule has 0 bridgehead atoms. The summed E-state index contributed by atoms with van der Waals surface area (Å²) in [5.74, 6) is 0. The quantitative estimate of drug-likeness (QED) is 0.622. The first-order valence-electron chi connectivity index (χ1n) is 4.96. The van der Waals surface area contributed by atoms with E-state index in [-0.39, 0.29) is 5.54 Å². The van der Waals surface area contributed by atoms with Gasteiger partial charge >= 0.3 is 0 Å². The molecule has 0 N–H and O–H groups in total. The van der Waals surface area contributed by atoms with E-state index in [1.807, 2.05) is 12.3 Å². The van der Waals surface area contributed by atoms with Gasteiger partial charge in [0.05, 0.1) is 12.2 Å². The zero-order valence-corrected chi connectivity index (χ0v) is 8.99. The van der Waals surface area contributed by atoms with Crippen LogP contribution in [0.4, 0.5) is 0 Å². The van der Waals surface area contributed by atoms with Gasteiger partial charge in [0.2, 0.25) is 0 Å². The van der Waals surface area contributed by atoms with E-state index in [2.05, 4.69) is 49.0 Å². The van der Waals surface area contributed by atoms with Crippen molar-refractivity contribution in [2.75, 3.05) is 0 Å². The molecule has 1 aliphatic heterocycles. The number of fused-ring (bicyclic) bond motifs is 1. The molecule has 0 saturated carbocycles. The Morgan fingerprint density at radius 1 is 1.36 bits per heavy atom. The first kappa shape index (κ1) is 9.25. The Balaban J connectivity index is 2.30. The Labute approximate surface area is 85.3 Å². The summed E-state index contributed by atoms with van der Waals surface area (Å²) in [6, 6.07) is 4.09. The Morgan fingerprint density at radius 2 is 2.14 bits per heavy atom. The predicted octanol–water partition coefficient (Wildman–Crippen LogP) is 2.67. The van der Waals surface area contributed by atoms with Gasteiger partial charge in [-0.25, -0.2) is 0 Å². The van der Waals surface area contributed by atoms with Crippen LogP contribution in [0.5, 0.6) is 0 Å². The van der Waals surface area contributed by atoms with Gasteiger partial charge in [-0.3, -0.25) is 4.98 Å². The second-order valence-corrected chi connectivity index (χ2v) is 4.65. The van der Waals surface area contributed by atoms with Crippen molar-refractivity contribution in [3.05, 3.63) is 35.8 Å². The van der Waals surface area contributed by atoms with Crippen molar-refractivity contribution in [2.45, 2.75) is 32.9 Å². The molecule has 74 valence electrons.